The van der Waals surface area contributed by atoms with Gasteiger partial charge < -0.3 is 15.3 Å². The van der Waals surface area contributed by atoms with E-state index in [4.69, 9.17) is 0 Å². The van der Waals surface area contributed by atoms with E-state index in [2.05, 4.69) is 33.2 Å². The minimum Gasteiger partial charge on any atom is -0.508 e. The molecule has 4 nitrogen and oxygen atoms in total. The fourth-order valence-electron chi connectivity index (χ4n) is 2.26. The second kappa shape index (κ2) is 6.80. The maximum atomic E-state index is 10.1. The number of pyridine rings is 1. The molecule has 0 aliphatic rings. The van der Waals surface area contributed by atoms with Crippen molar-refractivity contribution in [2.24, 2.45) is 0 Å². The van der Waals surface area contributed by atoms with Crippen molar-refractivity contribution in [2.75, 3.05) is 24.3 Å². The first-order valence-electron chi connectivity index (χ1n) is 6.90. The van der Waals surface area contributed by atoms with Crippen LogP contribution in [0.4, 0.5) is 11.5 Å². The highest BCUT2D eigenvalue weighted by Crippen LogP contribution is 2.33. The molecular weight excluding hydrogens is 330 g/mol. The Morgan fingerprint density at radius 3 is 2.76 bits per heavy atom. The van der Waals surface area contributed by atoms with Crippen LogP contribution in [0.25, 0.3) is 0 Å². The lowest BCUT2D eigenvalue weighted by molar-refractivity contribution is 0.462. The van der Waals surface area contributed by atoms with Crippen LogP contribution in [0.15, 0.2) is 41.0 Å². The normalized spacial score (nSPS) is 12.0. The summed E-state index contributed by atoms with van der Waals surface area (Å²) in [6.45, 7) is 2.09. The van der Waals surface area contributed by atoms with E-state index < -0.39 is 0 Å². The Morgan fingerprint density at radius 2 is 2.10 bits per heavy atom. The average Bonchev–Trinajstić information content (AvgIpc) is 2.47. The van der Waals surface area contributed by atoms with Gasteiger partial charge in [-0.2, -0.15) is 0 Å². The van der Waals surface area contributed by atoms with Crippen molar-refractivity contribution in [3.05, 3.63) is 46.6 Å². The predicted octanol–water partition coefficient (Wildman–Crippen LogP) is 4.18. The standard InChI is InChI=1S/C16H20BrN3O/c1-4-13(12-10-11(17)7-8-15(12)21)19-14-6-5-9-18-16(14)20(2)3/h5-10,13,19,21H,4H2,1-3H3. The van der Waals surface area contributed by atoms with Crippen molar-refractivity contribution >= 4 is 27.4 Å². The Balaban J connectivity index is 2.34. The molecule has 5 heteroatoms. The van der Waals surface area contributed by atoms with Crippen LogP contribution in [-0.4, -0.2) is 24.2 Å². The van der Waals surface area contributed by atoms with E-state index in [1.807, 2.05) is 43.3 Å². The summed E-state index contributed by atoms with van der Waals surface area (Å²) < 4.78 is 0.953. The van der Waals surface area contributed by atoms with Crippen LogP contribution in [0.5, 0.6) is 5.75 Å². The molecule has 0 bridgehead atoms. The maximum Gasteiger partial charge on any atom is 0.151 e. The summed E-state index contributed by atoms with van der Waals surface area (Å²) in [6.07, 6.45) is 2.63. The van der Waals surface area contributed by atoms with Crippen LogP contribution in [0.2, 0.25) is 0 Å². The molecule has 2 aromatic rings. The van der Waals surface area contributed by atoms with Crippen LogP contribution in [0, 0.1) is 0 Å². The van der Waals surface area contributed by atoms with E-state index in [1.54, 1.807) is 12.3 Å². The molecule has 2 N–H and O–H groups in total. The number of aromatic hydroxyl groups is 1. The molecular formula is C16H20BrN3O. The van der Waals surface area contributed by atoms with Crippen molar-refractivity contribution in [1.29, 1.82) is 0 Å². The minimum absolute atomic E-state index is 0.0189. The summed E-state index contributed by atoms with van der Waals surface area (Å²) in [5, 5.41) is 13.6. The monoisotopic (exact) mass is 349 g/mol. The molecule has 1 atom stereocenters. The van der Waals surface area contributed by atoms with E-state index in [0.29, 0.717) is 5.75 Å². The smallest absolute Gasteiger partial charge is 0.151 e. The van der Waals surface area contributed by atoms with Gasteiger partial charge in [0.2, 0.25) is 0 Å². The van der Waals surface area contributed by atoms with Crippen LogP contribution in [0.1, 0.15) is 24.9 Å². The van der Waals surface area contributed by atoms with Gasteiger partial charge in [0, 0.05) is 30.3 Å². The van der Waals surface area contributed by atoms with Gasteiger partial charge in [-0.3, -0.25) is 0 Å². The molecule has 1 heterocycles. The topological polar surface area (TPSA) is 48.4 Å². The van der Waals surface area contributed by atoms with Crippen molar-refractivity contribution in [3.8, 4) is 5.75 Å². The summed E-state index contributed by atoms with van der Waals surface area (Å²) in [5.41, 5.74) is 1.83. The van der Waals surface area contributed by atoms with Crippen LogP contribution in [0.3, 0.4) is 0 Å². The number of rotatable bonds is 5. The molecule has 0 amide bonds. The zero-order valence-electron chi connectivity index (χ0n) is 12.5. The third-order valence-corrected chi connectivity index (χ3v) is 3.81. The third kappa shape index (κ3) is 3.67. The number of halogens is 1. The fraction of sp³-hybridized carbons (Fsp3) is 0.312. The van der Waals surface area contributed by atoms with Crippen LogP contribution in [-0.2, 0) is 0 Å². The molecule has 1 unspecified atom stereocenters. The molecule has 1 aromatic heterocycles. The van der Waals surface area contributed by atoms with Gasteiger partial charge in [-0.05, 0) is 36.8 Å². The van der Waals surface area contributed by atoms with Gasteiger partial charge in [0.1, 0.15) is 5.75 Å². The fourth-order valence-corrected chi connectivity index (χ4v) is 2.64. The predicted molar refractivity (Wildman–Crippen MR) is 91.0 cm³/mol. The Labute approximate surface area is 134 Å². The lowest BCUT2D eigenvalue weighted by Gasteiger charge is -2.23. The quantitative estimate of drug-likeness (QED) is 0.849. The van der Waals surface area contributed by atoms with Gasteiger partial charge in [-0.15, -0.1) is 0 Å². The number of anilines is 2. The van der Waals surface area contributed by atoms with Gasteiger partial charge in [0.05, 0.1) is 11.7 Å². The molecule has 0 radical (unpaired) electrons. The summed E-state index contributed by atoms with van der Waals surface area (Å²) in [5.74, 6) is 1.18. The minimum atomic E-state index is 0.0189. The molecule has 21 heavy (non-hydrogen) atoms. The first-order chi connectivity index (χ1) is 10.0. The number of hydrogen-bond acceptors (Lipinski definition) is 4. The van der Waals surface area contributed by atoms with E-state index >= 15 is 0 Å². The van der Waals surface area contributed by atoms with Gasteiger partial charge in [-0.1, -0.05) is 22.9 Å². The lowest BCUT2D eigenvalue weighted by Crippen LogP contribution is -2.16. The SMILES string of the molecule is CCC(Nc1cccnc1N(C)C)c1cc(Br)ccc1O. The van der Waals surface area contributed by atoms with E-state index in [-0.39, 0.29) is 6.04 Å². The Bertz CT molecular complexity index is 616. The number of nitrogens with one attached hydrogen (secondary N) is 1. The zero-order valence-corrected chi connectivity index (χ0v) is 14.1. The van der Waals surface area contributed by atoms with Gasteiger partial charge >= 0.3 is 0 Å². The first-order valence-corrected chi connectivity index (χ1v) is 7.69. The zero-order chi connectivity index (χ0) is 15.4. The largest absolute Gasteiger partial charge is 0.508 e. The van der Waals surface area contributed by atoms with Crippen molar-refractivity contribution in [3.63, 3.8) is 0 Å². The highest BCUT2D eigenvalue weighted by Gasteiger charge is 2.16. The van der Waals surface area contributed by atoms with E-state index in [1.165, 1.54) is 0 Å². The Kier molecular flexibility index (Phi) is 5.07. The number of phenolic OH excluding ortho intramolecular Hbond substituents is 1. The maximum absolute atomic E-state index is 10.1. The second-order valence-electron chi connectivity index (χ2n) is 5.08. The molecule has 0 saturated heterocycles. The Morgan fingerprint density at radius 1 is 1.33 bits per heavy atom. The summed E-state index contributed by atoms with van der Waals surface area (Å²) >= 11 is 3.46. The highest BCUT2D eigenvalue weighted by atomic mass is 79.9. The highest BCUT2D eigenvalue weighted by molar-refractivity contribution is 9.10. The summed E-state index contributed by atoms with van der Waals surface area (Å²) in [4.78, 5) is 6.36. The summed E-state index contributed by atoms with van der Waals surface area (Å²) in [6, 6.07) is 9.41. The van der Waals surface area contributed by atoms with Crippen molar-refractivity contribution in [2.45, 2.75) is 19.4 Å². The Hall–Kier alpha value is -1.75. The lowest BCUT2D eigenvalue weighted by atomic mass is 10.0. The molecule has 0 aliphatic carbocycles. The van der Waals surface area contributed by atoms with Gasteiger partial charge in [0.25, 0.3) is 0 Å². The molecule has 2 rings (SSSR count). The number of aromatic nitrogens is 1. The van der Waals surface area contributed by atoms with Crippen molar-refractivity contribution in [1.82, 2.24) is 4.98 Å². The number of nitrogens with zero attached hydrogens (tertiary/aromatic N) is 2. The second-order valence-corrected chi connectivity index (χ2v) is 5.99. The van der Waals surface area contributed by atoms with E-state index in [0.717, 1.165) is 28.0 Å². The number of benzene rings is 1. The van der Waals surface area contributed by atoms with Gasteiger partial charge in [-0.25, -0.2) is 4.98 Å². The van der Waals surface area contributed by atoms with Crippen molar-refractivity contribution < 1.29 is 5.11 Å². The molecule has 0 spiro atoms. The molecule has 0 saturated carbocycles. The van der Waals surface area contributed by atoms with Crippen LogP contribution >= 0.6 is 15.9 Å². The number of phenols is 1. The average molecular weight is 350 g/mol. The molecule has 112 valence electrons. The molecule has 1 aromatic carbocycles. The number of hydrogen-bond donors (Lipinski definition) is 2. The molecule has 0 fully saturated rings. The summed E-state index contributed by atoms with van der Waals surface area (Å²) in [7, 11) is 3.93. The third-order valence-electron chi connectivity index (χ3n) is 3.31. The van der Waals surface area contributed by atoms with E-state index in [9.17, 15) is 5.11 Å². The molecule has 0 aliphatic heterocycles. The first kappa shape index (κ1) is 15.6. The van der Waals surface area contributed by atoms with Crippen LogP contribution < -0.4 is 10.2 Å². The van der Waals surface area contributed by atoms with Gasteiger partial charge in [0.15, 0.2) is 5.82 Å².